The number of nitrogens with zero attached hydrogens (tertiary/aromatic N) is 4. The molecule has 0 fully saturated rings. The Morgan fingerprint density at radius 2 is 2.15 bits per heavy atom. The molecule has 0 saturated heterocycles. The van der Waals surface area contributed by atoms with Gasteiger partial charge in [0, 0.05) is 32.8 Å². The molecule has 108 valence electrons. The van der Waals surface area contributed by atoms with Crippen molar-refractivity contribution in [3.8, 4) is 0 Å². The summed E-state index contributed by atoms with van der Waals surface area (Å²) in [5, 5.41) is 4.07. The fraction of sp³-hybridized carbons (Fsp3) is 0.364. The molecule has 0 amide bonds. The molecule has 0 radical (unpaired) electrons. The van der Waals surface area contributed by atoms with E-state index < -0.39 is 10.0 Å². The van der Waals surface area contributed by atoms with Crippen molar-refractivity contribution in [2.75, 3.05) is 6.54 Å². The molecule has 20 heavy (non-hydrogen) atoms. The second-order valence-corrected chi connectivity index (χ2v) is 5.94. The number of aromatic nitrogens is 4. The molecule has 2 rings (SSSR count). The zero-order valence-electron chi connectivity index (χ0n) is 11.0. The predicted octanol–water partition coefficient (Wildman–Crippen LogP) is -0.810. The van der Waals surface area contributed by atoms with Gasteiger partial charge in [-0.25, -0.2) is 18.1 Å². The van der Waals surface area contributed by atoms with E-state index in [1.54, 1.807) is 24.1 Å². The Morgan fingerprint density at radius 1 is 1.35 bits per heavy atom. The number of rotatable bonds is 6. The van der Waals surface area contributed by atoms with E-state index >= 15 is 0 Å². The number of nitrogens with two attached hydrogens (primary N) is 1. The van der Waals surface area contributed by atoms with Crippen LogP contribution >= 0.6 is 0 Å². The highest BCUT2D eigenvalue weighted by molar-refractivity contribution is 7.89. The number of aryl methyl sites for hydroxylation is 1. The number of nitrogens with one attached hydrogen (secondary N) is 1. The molecule has 0 atom stereocenters. The van der Waals surface area contributed by atoms with Gasteiger partial charge in [0.15, 0.2) is 5.82 Å². The van der Waals surface area contributed by atoms with E-state index in [2.05, 4.69) is 19.8 Å². The van der Waals surface area contributed by atoms with Gasteiger partial charge in [0.25, 0.3) is 0 Å². The lowest BCUT2D eigenvalue weighted by atomic mass is 10.4. The highest BCUT2D eigenvalue weighted by Gasteiger charge is 2.14. The van der Waals surface area contributed by atoms with Crippen molar-refractivity contribution < 1.29 is 8.42 Å². The van der Waals surface area contributed by atoms with Gasteiger partial charge in [-0.05, 0) is 12.1 Å². The van der Waals surface area contributed by atoms with Gasteiger partial charge >= 0.3 is 0 Å². The average molecular weight is 296 g/mol. The molecule has 0 saturated carbocycles. The second kappa shape index (κ2) is 6.07. The Hall–Kier alpha value is -1.84. The molecule has 9 heteroatoms. The Balaban J connectivity index is 1.96. The second-order valence-electron chi connectivity index (χ2n) is 4.17. The number of hydrogen-bond donors (Lipinski definition) is 2. The van der Waals surface area contributed by atoms with Crippen molar-refractivity contribution in [3.63, 3.8) is 0 Å². The summed E-state index contributed by atoms with van der Waals surface area (Å²) in [6.45, 7) is 0.504. The summed E-state index contributed by atoms with van der Waals surface area (Å²) in [7, 11) is -1.81. The Kier molecular flexibility index (Phi) is 4.42. The maximum atomic E-state index is 12.0. The third kappa shape index (κ3) is 3.59. The van der Waals surface area contributed by atoms with Crippen LogP contribution in [0.15, 0.2) is 29.6 Å². The van der Waals surface area contributed by atoms with Gasteiger partial charge in [0.1, 0.15) is 11.2 Å². The fourth-order valence-electron chi connectivity index (χ4n) is 1.57. The van der Waals surface area contributed by atoms with Crippen LogP contribution in [0.2, 0.25) is 0 Å². The average Bonchev–Trinajstić information content (AvgIpc) is 2.84. The van der Waals surface area contributed by atoms with Crippen LogP contribution in [0, 0.1) is 0 Å². The minimum Gasteiger partial charge on any atom is -0.325 e. The van der Waals surface area contributed by atoms with E-state index in [1.165, 1.54) is 12.3 Å². The van der Waals surface area contributed by atoms with Gasteiger partial charge in [0.05, 0.1) is 5.69 Å². The lowest BCUT2D eigenvalue weighted by Gasteiger charge is -2.05. The van der Waals surface area contributed by atoms with Crippen LogP contribution in [0.25, 0.3) is 0 Å². The standard InChI is InChI=1S/C11H16N6O2S/c1-17-8-14-11(16-17)4-5-15-20(18,19)10-3-2-9(6-12)13-7-10/h2-3,7-8,15H,4-6,12H2,1H3. The molecule has 0 bridgehead atoms. The van der Waals surface area contributed by atoms with Gasteiger partial charge in [-0.3, -0.25) is 9.67 Å². The lowest BCUT2D eigenvalue weighted by molar-refractivity contribution is 0.580. The minimum atomic E-state index is -3.56. The molecule has 0 aliphatic carbocycles. The molecule has 0 unspecified atom stereocenters. The zero-order chi connectivity index (χ0) is 14.6. The van der Waals surface area contributed by atoms with Gasteiger partial charge in [0.2, 0.25) is 10.0 Å². The van der Waals surface area contributed by atoms with Crippen LogP contribution in [0.3, 0.4) is 0 Å². The van der Waals surface area contributed by atoms with Crippen molar-refractivity contribution in [2.24, 2.45) is 12.8 Å². The summed E-state index contributed by atoms with van der Waals surface area (Å²) in [6, 6.07) is 3.07. The summed E-state index contributed by atoms with van der Waals surface area (Å²) in [5.41, 5.74) is 6.05. The molecule has 3 N–H and O–H groups in total. The predicted molar refractivity (Wildman–Crippen MR) is 72.0 cm³/mol. The smallest absolute Gasteiger partial charge is 0.242 e. The molecule has 0 aliphatic rings. The Morgan fingerprint density at radius 3 is 2.70 bits per heavy atom. The van der Waals surface area contributed by atoms with Crippen molar-refractivity contribution in [3.05, 3.63) is 36.2 Å². The summed E-state index contributed by atoms with van der Waals surface area (Å²) in [5.74, 6) is 0.590. The fourth-order valence-corrected chi connectivity index (χ4v) is 2.55. The van der Waals surface area contributed by atoms with E-state index in [9.17, 15) is 8.42 Å². The monoisotopic (exact) mass is 296 g/mol. The molecule has 2 aromatic heterocycles. The first kappa shape index (κ1) is 14.6. The van der Waals surface area contributed by atoms with Crippen molar-refractivity contribution >= 4 is 10.0 Å². The Bertz CT molecular complexity index is 664. The van der Waals surface area contributed by atoms with Gasteiger partial charge in [-0.2, -0.15) is 5.10 Å². The first-order chi connectivity index (χ1) is 9.51. The van der Waals surface area contributed by atoms with E-state index in [4.69, 9.17) is 5.73 Å². The van der Waals surface area contributed by atoms with Gasteiger partial charge < -0.3 is 5.73 Å². The van der Waals surface area contributed by atoms with E-state index in [1.807, 2.05) is 0 Å². The summed E-state index contributed by atoms with van der Waals surface area (Å²) in [4.78, 5) is 8.10. The molecule has 8 nitrogen and oxygen atoms in total. The molecule has 0 spiro atoms. The van der Waals surface area contributed by atoms with Gasteiger partial charge in [-0.1, -0.05) is 0 Å². The topological polar surface area (TPSA) is 116 Å². The van der Waals surface area contributed by atoms with Crippen LogP contribution in [0.5, 0.6) is 0 Å². The number of hydrogen-bond acceptors (Lipinski definition) is 6. The summed E-state index contributed by atoms with van der Waals surface area (Å²) < 4.78 is 28.0. The summed E-state index contributed by atoms with van der Waals surface area (Å²) >= 11 is 0. The van der Waals surface area contributed by atoms with E-state index in [0.717, 1.165) is 0 Å². The maximum Gasteiger partial charge on any atom is 0.242 e. The molecule has 2 aromatic rings. The van der Waals surface area contributed by atoms with Crippen LogP contribution < -0.4 is 10.5 Å². The third-order valence-corrected chi connectivity index (χ3v) is 4.05. The van der Waals surface area contributed by atoms with Crippen molar-refractivity contribution in [1.82, 2.24) is 24.5 Å². The van der Waals surface area contributed by atoms with E-state index in [0.29, 0.717) is 17.9 Å². The van der Waals surface area contributed by atoms with Crippen LogP contribution in [0.1, 0.15) is 11.5 Å². The molecule has 0 aromatic carbocycles. The van der Waals surface area contributed by atoms with E-state index in [-0.39, 0.29) is 18.0 Å². The molecule has 0 aliphatic heterocycles. The van der Waals surface area contributed by atoms with Crippen LogP contribution in [-0.4, -0.2) is 34.7 Å². The highest BCUT2D eigenvalue weighted by atomic mass is 32.2. The summed E-state index contributed by atoms with van der Waals surface area (Å²) in [6.07, 6.45) is 3.29. The first-order valence-corrected chi connectivity index (χ1v) is 7.49. The third-order valence-electron chi connectivity index (χ3n) is 2.60. The van der Waals surface area contributed by atoms with Gasteiger partial charge in [-0.15, -0.1) is 0 Å². The molecular formula is C11H16N6O2S. The lowest BCUT2D eigenvalue weighted by Crippen LogP contribution is -2.26. The molecular weight excluding hydrogens is 280 g/mol. The quantitative estimate of drug-likeness (QED) is 0.720. The highest BCUT2D eigenvalue weighted by Crippen LogP contribution is 2.07. The van der Waals surface area contributed by atoms with Crippen molar-refractivity contribution in [2.45, 2.75) is 17.9 Å². The maximum absolute atomic E-state index is 12.0. The van der Waals surface area contributed by atoms with Crippen LogP contribution in [-0.2, 0) is 30.0 Å². The first-order valence-electron chi connectivity index (χ1n) is 6.00. The SMILES string of the molecule is Cn1cnc(CCNS(=O)(=O)c2ccc(CN)nc2)n1. The molecule has 2 heterocycles. The number of sulfonamides is 1. The number of pyridine rings is 1. The van der Waals surface area contributed by atoms with Crippen molar-refractivity contribution in [1.29, 1.82) is 0 Å². The Labute approximate surface area is 117 Å². The minimum absolute atomic E-state index is 0.115. The van der Waals surface area contributed by atoms with Crippen LogP contribution in [0.4, 0.5) is 0 Å². The largest absolute Gasteiger partial charge is 0.325 e. The zero-order valence-corrected chi connectivity index (χ0v) is 11.8. The normalized spacial score (nSPS) is 11.7.